The first-order valence-corrected chi connectivity index (χ1v) is 12.2. The quantitative estimate of drug-likeness (QED) is 0.323. The number of amides is 1. The Morgan fingerprint density at radius 3 is 2.30 bits per heavy atom. The Morgan fingerprint density at radius 1 is 1.20 bits per heavy atom. The SMILES string of the molecule is CCCCCN(CCCCC)CC(C)NC(=O)Cn1nc(C(F)F)c(Br)c1C1CC1. The molecule has 1 atom stereocenters. The number of halogens is 3. The smallest absolute Gasteiger partial charge is 0.283 e. The van der Waals surface area contributed by atoms with E-state index < -0.39 is 6.43 Å². The summed E-state index contributed by atoms with van der Waals surface area (Å²) in [6.45, 7) is 9.30. The molecule has 0 radical (unpaired) electrons. The van der Waals surface area contributed by atoms with Crippen LogP contribution in [-0.4, -0.2) is 46.3 Å². The molecule has 0 aliphatic heterocycles. The molecule has 5 nitrogen and oxygen atoms in total. The van der Waals surface area contributed by atoms with Gasteiger partial charge in [-0.25, -0.2) is 8.78 Å². The number of unbranched alkanes of at least 4 members (excludes halogenated alkanes) is 4. The lowest BCUT2D eigenvalue weighted by atomic mass is 10.2. The topological polar surface area (TPSA) is 50.2 Å². The van der Waals surface area contributed by atoms with Crippen LogP contribution >= 0.6 is 15.9 Å². The van der Waals surface area contributed by atoms with Gasteiger partial charge < -0.3 is 10.2 Å². The van der Waals surface area contributed by atoms with Crippen LogP contribution in [0.2, 0.25) is 0 Å². The Balaban J connectivity index is 1.91. The normalized spacial score (nSPS) is 15.2. The summed E-state index contributed by atoms with van der Waals surface area (Å²) in [5.41, 5.74) is 0.463. The number of carbonyl (C=O) groups excluding carboxylic acids is 1. The van der Waals surface area contributed by atoms with Crippen LogP contribution in [0.5, 0.6) is 0 Å². The Bertz CT molecular complexity index is 654. The van der Waals surface area contributed by atoms with Crippen LogP contribution < -0.4 is 5.32 Å². The van der Waals surface area contributed by atoms with Crippen molar-refractivity contribution in [3.05, 3.63) is 15.9 Å². The van der Waals surface area contributed by atoms with Crippen molar-refractivity contribution in [1.29, 1.82) is 0 Å². The number of hydrogen-bond acceptors (Lipinski definition) is 3. The zero-order chi connectivity index (χ0) is 22.1. The molecule has 0 bridgehead atoms. The standard InChI is InChI=1S/C22H37BrF2N4O/c1-4-6-8-12-28(13-9-7-5-2)14-16(3)26-18(30)15-29-21(17-10-11-17)19(23)20(27-29)22(24)25/h16-17,22H,4-15H2,1-3H3,(H,26,30). The number of nitrogens with one attached hydrogen (secondary N) is 1. The number of nitrogens with zero attached hydrogens (tertiary/aromatic N) is 3. The van der Waals surface area contributed by atoms with E-state index in [0.29, 0.717) is 4.47 Å². The summed E-state index contributed by atoms with van der Waals surface area (Å²) in [7, 11) is 0. The highest BCUT2D eigenvalue weighted by molar-refractivity contribution is 9.10. The van der Waals surface area contributed by atoms with Gasteiger partial charge in [0.2, 0.25) is 5.91 Å². The van der Waals surface area contributed by atoms with Gasteiger partial charge >= 0.3 is 0 Å². The lowest BCUT2D eigenvalue weighted by Gasteiger charge is -2.26. The fourth-order valence-corrected chi connectivity index (χ4v) is 4.61. The molecule has 2 rings (SSSR count). The molecule has 1 aromatic heterocycles. The Labute approximate surface area is 188 Å². The van der Waals surface area contributed by atoms with E-state index in [1.54, 1.807) is 0 Å². The highest BCUT2D eigenvalue weighted by Crippen LogP contribution is 2.45. The molecule has 1 saturated carbocycles. The van der Waals surface area contributed by atoms with Crippen LogP contribution in [0, 0.1) is 0 Å². The molecule has 0 aromatic carbocycles. The predicted molar refractivity (Wildman–Crippen MR) is 120 cm³/mol. The maximum Gasteiger partial charge on any atom is 0.283 e. The largest absolute Gasteiger partial charge is 0.351 e. The molecule has 1 aliphatic rings. The van der Waals surface area contributed by atoms with Gasteiger partial charge in [0, 0.05) is 18.5 Å². The molecule has 1 N–H and O–H groups in total. The lowest BCUT2D eigenvalue weighted by Crippen LogP contribution is -2.44. The van der Waals surface area contributed by atoms with Crippen LogP contribution in [0.3, 0.4) is 0 Å². The first kappa shape index (κ1) is 25.2. The third-order valence-electron chi connectivity index (χ3n) is 5.52. The number of carbonyl (C=O) groups is 1. The predicted octanol–water partition coefficient (Wildman–Crippen LogP) is 5.65. The maximum absolute atomic E-state index is 13.2. The van der Waals surface area contributed by atoms with Crippen molar-refractivity contribution in [2.24, 2.45) is 0 Å². The highest BCUT2D eigenvalue weighted by Gasteiger charge is 2.34. The van der Waals surface area contributed by atoms with Gasteiger partial charge in [-0.2, -0.15) is 5.10 Å². The van der Waals surface area contributed by atoms with Crippen molar-refractivity contribution in [3.8, 4) is 0 Å². The van der Waals surface area contributed by atoms with Crippen LogP contribution in [-0.2, 0) is 11.3 Å². The molecule has 1 unspecified atom stereocenters. The van der Waals surface area contributed by atoms with Crippen LogP contribution in [0.4, 0.5) is 8.78 Å². The third kappa shape index (κ3) is 7.91. The highest BCUT2D eigenvalue weighted by atomic mass is 79.9. The molecular formula is C22H37BrF2N4O. The fourth-order valence-electron chi connectivity index (χ4n) is 3.83. The summed E-state index contributed by atoms with van der Waals surface area (Å²) in [4.78, 5) is 15.1. The monoisotopic (exact) mass is 490 g/mol. The summed E-state index contributed by atoms with van der Waals surface area (Å²) in [5.74, 6) is 0.0412. The van der Waals surface area contributed by atoms with E-state index in [1.807, 2.05) is 6.92 Å². The van der Waals surface area contributed by atoms with E-state index in [0.717, 1.165) is 38.2 Å². The molecule has 1 aromatic rings. The minimum atomic E-state index is -2.65. The van der Waals surface area contributed by atoms with E-state index in [4.69, 9.17) is 0 Å². The molecule has 1 heterocycles. The molecule has 0 spiro atoms. The number of aromatic nitrogens is 2. The maximum atomic E-state index is 13.2. The zero-order valence-electron chi connectivity index (χ0n) is 18.6. The van der Waals surface area contributed by atoms with Gasteiger partial charge in [-0.1, -0.05) is 39.5 Å². The van der Waals surface area contributed by atoms with E-state index in [9.17, 15) is 13.6 Å². The average Bonchev–Trinajstić information content (AvgIpc) is 3.45. The molecule has 172 valence electrons. The van der Waals surface area contributed by atoms with Gasteiger partial charge in [0.1, 0.15) is 12.2 Å². The fraction of sp³-hybridized carbons (Fsp3) is 0.818. The second-order valence-corrected chi connectivity index (χ2v) is 9.29. The minimum Gasteiger partial charge on any atom is -0.351 e. The van der Waals surface area contributed by atoms with Gasteiger partial charge in [0.25, 0.3) is 6.43 Å². The van der Waals surface area contributed by atoms with Crippen molar-refractivity contribution >= 4 is 21.8 Å². The number of hydrogen-bond donors (Lipinski definition) is 1. The molecular weight excluding hydrogens is 454 g/mol. The van der Waals surface area contributed by atoms with Crippen molar-refractivity contribution in [2.45, 2.75) is 97.1 Å². The summed E-state index contributed by atoms with van der Waals surface area (Å²) in [5, 5.41) is 7.07. The molecule has 1 fully saturated rings. The van der Waals surface area contributed by atoms with Crippen molar-refractivity contribution in [1.82, 2.24) is 20.0 Å². The van der Waals surface area contributed by atoms with E-state index in [2.05, 4.69) is 45.1 Å². The van der Waals surface area contributed by atoms with E-state index >= 15 is 0 Å². The van der Waals surface area contributed by atoms with Crippen LogP contribution in [0.15, 0.2) is 4.47 Å². The van der Waals surface area contributed by atoms with Gasteiger partial charge in [-0.3, -0.25) is 9.48 Å². The number of rotatable bonds is 15. The van der Waals surface area contributed by atoms with Gasteiger partial charge in [0.05, 0.1) is 10.2 Å². The van der Waals surface area contributed by atoms with Crippen LogP contribution in [0.1, 0.15) is 95.9 Å². The molecule has 8 heteroatoms. The second kappa shape index (κ2) is 12.7. The first-order chi connectivity index (χ1) is 14.4. The molecule has 0 saturated heterocycles. The molecule has 30 heavy (non-hydrogen) atoms. The number of alkyl halides is 2. The average molecular weight is 491 g/mol. The Morgan fingerprint density at radius 2 is 1.80 bits per heavy atom. The van der Waals surface area contributed by atoms with Crippen molar-refractivity contribution in [2.75, 3.05) is 19.6 Å². The van der Waals surface area contributed by atoms with Crippen molar-refractivity contribution in [3.63, 3.8) is 0 Å². The lowest BCUT2D eigenvalue weighted by molar-refractivity contribution is -0.122. The van der Waals surface area contributed by atoms with Crippen molar-refractivity contribution < 1.29 is 13.6 Å². The Hall–Kier alpha value is -1.02. The first-order valence-electron chi connectivity index (χ1n) is 11.4. The summed E-state index contributed by atoms with van der Waals surface area (Å²) < 4.78 is 28.3. The Kier molecular flexibility index (Phi) is 10.7. The summed E-state index contributed by atoms with van der Waals surface area (Å²) in [6, 6.07) is -0.00120. The van der Waals surface area contributed by atoms with E-state index in [-0.39, 0.29) is 30.1 Å². The van der Waals surface area contributed by atoms with Gasteiger partial charge in [0.15, 0.2) is 0 Å². The zero-order valence-corrected chi connectivity index (χ0v) is 20.2. The third-order valence-corrected chi connectivity index (χ3v) is 6.33. The minimum absolute atomic E-state index is 0.00120. The summed E-state index contributed by atoms with van der Waals surface area (Å²) in [6.07, 6.45) is 6.42. The summed E-state index contributed by atoms with van der Waals surface area (Å²) >= 11 is 3.27. The molecule has 1 amide bonds. The second-order valence-electron chi connectivity index (χ2n) is 8.50. The molecule has 1 aliphatic carbocycles. The van der Waals surface area contributed by atoms with Gasteiger partial charge in [-0.05, 0) is 61.6 Å². The van der Waals surface area contributed by atoms with E-state index in [1.165, 1.54) is 43.2 Å². The van der Waals surface area contributed by atoms with Crippen LogP contribution in [0.25, 0.3) is 0 Å². The van der Waals surface area contributed by atoms with Gasteiger partial charge in [-0.15, -0.1) is 0 Å².